The Morgan fingerprint density at radius 2 is 2.22 bits per heavy atom. The van der Waals surface area contributed by atoms with Gasteiger partial charge in [-0.15, -0.1) is 0 Å². The molecule has 1 saturated heterocycles. The third-order valence-electron chi connectivity index (χ3n) is 4.05. The maximum Gasteiger partial charge on any atom is 0.147 e. The average Bonchev–Trinajstić information content (AvgIpc) is 2.31. The molecule has 1 aliphatic carbocycles. The number of ether oxygens (including phenoxy) is 1. The highest BCUT2D eigenvalue weighted by Crippen LogP contribution is 2.42. The normalized spacial score (nSPS) is 25.8. The van der Waals surface area contributed by atoms with Gasteiger partial charge in [0, 0.05) is 17.7 Å². The van der Waals surface area contributed by atoms with Crippen LogP contribution in [0.2, 0.25) is 5.02 Å². The summed E-state index contributed by atoms with van der Waals surface area (Å²) in [5.74, 6) is -0.281. The van der Waals surface area contributed by atoms with Crippen molar-refractivity contribution in [3.05, 3.63) is 29.0 Å². The molecule has 98 valence electrons. The van der Waals surface area contributed by atoms with E-state index in [4.69, 9.17) is 16.3 Å². The zero-order valence-corrected chi connectivity index (χ0v) is 11.0. The Labute approximate surface area is 111 Å². The van der Waals surface area contributed by atoms with Crippen LogP contribution in [-0.2, 0) is 4.74 Å². The van der Waals surface area contributed by atoms with E-state index in [1.807, 2.05) is 0 Å². The van der Waals surface area contributed by atoms with Gasteiger partial charge in [0.2, 0.25) is 0 Å². The first-order valence-electron chi connectivity index (χ1n) is 6.52. The second-order valence-corrected chi connectivity index (χ2v) is 5.78. The van der Waals surface area contributed by atoms with Crippen molar-refractivity contribution in [3.63, 3.8) is 0 Å². The van der Waals surface area contributed by atoms with Crippen molar-refractivity contribution in [2.45, 2.75) is 43.7 Å². The summed E-state index contributed by atoms with van der Waals surface area (Å²) < 4.78 is 19.6. The molecule has 18 heavy (non-hydrogen) atoms. The van der Waals surface area contributed by atoms with Gasteiger partial charge in [-0.1, -0.05) is 11.6 Å². The summed E-state index contributed by atoms with van der Waals surface area (Å²) >= 11 is 5.75. The zero-order valence-electron chi connectivity index (χ0n) is 10.2. The van der Waals surface area contributed by atoms with Crippen LogP contribution in [0.15, 0.2) is 18.2 Å². The number of rotatable bonds is 2. The van der Waals surface area contributed by atoms with Crippen LogP contribution >= 0.6 is 11.6 Å². The monoisotopic (exact) mass is 269 g/mol. The van der Waals surface area contributed by atoms with Gasteiger partial charge in [-0.3, -0.25) is 0 Å². The van der Waals surface area contributed by atoms with Gasteiger partial charge in [0.25, 0.3) is 0 Å². The molecular formula is C14H17ClFNO. The molecule has 4 heteroatoms. The van der Waals surface area contributed by atoms with Crippen molar-refractivity contribution in [1.82, 2.24) is 0 Å². The number of hydrogen-bond donors (Lipinski definition) is 1. The molecule has 1 aliphatic heterocycles. The Morgan fingerprint density at radius 1 is 1.39 bits per heavy atom. The van der Waals surface area contributed by atoms with E-state index in [1.54, 1.807) is 12.1 Å². The topological polar surface area (TPSA) is 21.3 Å². The Kier molecular flexibility index (Phi) is 3.20. The number of anilines is 1. The van der Waals surface area contributed by atoms with Crippen molar-refractivity contribution >= 4 is 17.3 Å². The number of hydrogen-bond acceptors (Lipinski definition) is 2. The SMILES string of the molecule is Fc1cc(Cl)ccc1NC1CCOC2(CCC2)C1. The van der Waals surface area contributed by atoms with Gasteiger partial charge in [-0.2, -0.15) is 0 Å². The van der Waals surface area contributed by atoms with Crippen LogP contribution < -0.4 is 5.32 Å². The van der Waals surface area contributed by atoms with Gasteiger partial charge in [-0.05, 0) is 50.3 Å². The fraction of sp³-hybridized carbons (Fsp3) is 0.571. The van der Waals surface area contributed by atoms with Crippen LogP contribution in [0, 0.1) is 5.82 Å². The molecule has 0 aromatic heterocycles. The largest absolute Gasteiger partial charge is 0.380 e. The molecular weight excluding hydrogens is 253 g/mol. The second kappa shape index (κ2) is 4.71. The van der Waals surface area contributed by atoms with Gasteiger partial charge in [-0.25, -0.2) is 4.39 Å². The van der Waals surface area contributed by atoms with Gasteiger partial charge in [0.05, 0.1) is 11.3 Å². The maximum atomic E-state index is 13.7. The molecule has 2 nitrogen and oxygen atoms in total. The summed E-state index contributed by atoms with van der Waals surface area (Å²) in [6.45, 7) is 0.771. The fourth-order valence-electron chi connectivity index (χ4n) is 2.90. The summed E-state index contributed by atoms with van der Waals surface area (Å²) in [6, 6.07) is 5.07. The number of nitrogens with one attached hydrogen (secondary N) is 1. The van der Waals surface area contributed by atoms with Gasteiger partial charge >= 0.3 is 0 Å². The first-order chi connectivity index (χ1) is 8.67. The van der Waals surface area contributed by atoms with E-state index in [2.05, 4.69) is 5.32 Å². The quantitative estimate of drug-likeness (QED) is 0.876. The van der Waals surface area contributed by atoms with Crippen molar-refractivity contribution in [2.75, 3.05) is 11.9 Å². The van der Waals surface area contributed by atoms with Crippen molar-refractivity contribution in [1.29, 1.82) is 0 Å². The summed E-state index contributed by atoms with van der Waals surface area (Å²) in [4.78, 5) is 0. The maximum absolute atomic E-state index is 13.7. The Hall–Kier alpha value is -0.800. The highest BCUT2D eigenvalue weighted by Gasteiger charge is 2.42. The lowest BCUT2D eigenvalue weighted by Gasteiger charge is -2.47. The van der Waals surface area contributed by atoms with Crippen LogP contribution in [0.1, 0.15) is 32.1 Å². The lowest BCUT2D eigenvalue weighted by molar-refractivity contribution is -0.130. The van der Waals surface area contributed by atoms with Crippen LogP contribution in [-0.4, -0.2) is 18.2 Å². The third kappa shape index (κ3) is 2.34. The van der Waals surface area contributed by atoms with Crippen LogP contribution in [0.25, 0.3) is 0 Å². The second-order valence-electron chi connectivity index (χ2n) is 5.34. The smallest absolute Gasteiger partial charge is 0.147 e. The molecule has 3 rings (SSSR count). The van der Waals surface area contributed by atoms with Crippen LogP contribution in [0.4, 0.5) is 10.1 Å². The van der Waals surface area contributed by atoms with E-state index < -0.39 is 0 Å². The fourth-order valence-corrected chi connectivity index (χ4v) is 3.06. The van der Waals surface area contributed by atoms with Crippen molar-refractivity contribution in [2.24, 2.45) is 0 Å². The van der Waals surface area contributed by atoms with E-state index in [1.165, 1.54) is 12.5 Å². The number of benzene rings is 1. The minimum Gasteiger partial charge on any atom is -0.380 e. The molecule has 1 aromatic rings. The Morgan fingerprint density at radius 3 is 2.89 bits per heavy atom. The molecule has 1 heterocycles. The predicted octanol–water partition coefficient (Wildman–Crippen LogP) is 3.99. The number of halogens is 2. The standard InChI is InChI=1S/C14H17ClFNO/c15-10-2-3-13(12(16)8-10)17-11-4-7-18-14(9-11)5-1-6-14/h2-3,8,11,17H,1,4-7,9H2. The predicted molar refractivity (Wildman–Crippen MR) is 70.6 cm³/mol. The Balaban J connectivity index is 1.68. The molecule has 1 N–H and O–H groups in total. The minimum absolute atomic E-state index is 0.0822. The first-order valence-corrected chi connectivity index (χ1v) is 6.90. The molecule has 0 amide bonds. The molecule has 1 atom stereocenters. The van der Waals surface area contributed by atoms with Crippen LogP contribution in [0.3, 0.4) is 0 Å². The minimum atomic E-state index is -0.281. The molecule has 1 spiro atoms. The lowest BCUT2D eigenvalue weighted by atomic mass is 9.74. The molecule has 2 fully saturated rings. The Bertz CT molecular complexity index is 447. The highest BCUT2D eigenvalue weighted by atomic mass is 35.5. The lowest BCUT2D eigenvalue weighted by Crippen LogP contribution is -2.49. The van der Waals surface area contributed by atoms with E-state index >= 15 is 0 Å². The van der Waals surface area contributed by atoms with Gasteiger partial charge in [0.1, 0.15) is 5.82 Å². The van der Waals surface area contributed by atoms with E-state index in [0.717, 1.165) is 32.3 Å². The third-order valence-corrected chi connectivity index (χ3v) is 4.28. The van der Waals surface area contributed by atoms with Crippen molar-refractivity contribution in [3.8, 4) is 0 Å². The van der Waals surface area contributed by atoms with E-state index in [9.17, 15) is 4.39 Å². The van der Waals surface area contributed by atoms with Crippen molar-refractivity contribution < 1.29 is 9.13 Å². The average molecular weight is 270 g/mol. The summed E-state index contributed by atoms with van der Waals surface area (Å²) in [5, 5.41) is 3.72. The molecule has 1 aromatic carbocycles. The van der Waals surface area contributed by atoms with E-state index in [-0.39, 0.29) is 11.4 Å². The van der Waals surface area contributed by atoms with E-state index in [0.29, 0.717) is 16.8 Å². The van der Waals surface area contributed by atoms with Crippen LogP contribution in [0.5, 0.6) is 0 Å². The molecule has 0 radical (unpaired) electrons. The highest BCUT2D eigenvalue weighted by molar-refractivity contribution is 6.30. The van der Waals surface area contributed by atoms with Gasteiger partial charge < -0.3 is 10.1 Å². The molecule has 2 aliphatic rings. The zero-order chi connectivity index (χ0) is 12.6. The molecule has 1 unspecified atom stereocenters. The summed E-state index contributed by atoms with van der Waals surface area (Å²) in [7, 11) is 0. The van der Waals surface area contributed by atoms with Gasteiger partial charge in [0.15, 0.2) is 0 Å². The molecule has 0 bridgehead atoms. The first kappa shape index (κ1) is 12.2. The summed E-state index contributed by atoms with van der Waals surface area (Å²) in [6.07, 6.45) is 5.46. The molecule has 1 saturated carbocycles. The summed E-state index contributed by atoms with van der Waals surface area (Å²) in [5.41, 5.74) is 0.625.